The average molecular weight is 646 g/mol. The lowest BCUT2D eigenvalue weighted by Crippen LogP contribution is -2.47. The van der Waals surface area contributed by atoms with Gasteiger partial charge in [0.25, 0.3) is 15.7 Å². The van der Waals surface area contributed by atoms with E-state index in [2.05, 4.69) is 44.3 Å². The topological polar surface area (TPSA) is 155 Å². The molecule has 2 unspecified atom stereocenters. The molecule has 0 fully saturated rings. The van der Waals surface area contributed by atoms with Crippen molar-refractivity contribution in [1.82, 2.24) is 19.6 Å². The van der Waals surface area contributed by atoms with Gasteiger partial charge in [-0.1, -0.05) is 55.6 Å². The van der Waals surface area contributed by atoms with Crippen LogP contribution >= 0.6 is 0 Å². The lowest BCUT2D eigenvalue weighted by molar-refractivity contribution is -0.384. The van der Waals surface area contributed by atoms with Crippen molar-refractivity contribution in [2.24, 2.45) is 0 Å². The quantitative estimate of drug-likeness (QED) is 0.129. The predicted octanol–water partition coefficient (Wildman–Crippen LogP) is 4.49. The number of carbonyl (C=O) groups is 1. The van der Waals surface area contributed by atoms with E-state index < -0.39 is 41.3 Å². The van der Waals surface area contributed by atoms with Crippen molar-refractivity contribution in [3.05, 3.63) is 87.7 Å². The van der Waals surface area contributed by atoms with E-state index in [-0.39, 0.29) is 28.8 Å². The number of aromatic nitrogens is 2. The van der Waals surface area contributed by atoms with Crippen molar-refractivity contribution in [3.63, 3.8) is 0 Å². The second kappa shape index (κ2) is 13.3. The number of nitrogens with one attached hydrogen (secondary N) is 1. The maximum absolute atomic E-state index is 14.1. The fourth-order valence-electron chi connectivity index (χ4n) is 4.58. The first-order valence-electron chi connectivity index (χ1n) is 14.1. The summed E-state index contributed by atoms with van der Waals surface area (Å²) in [6.45, 7) is 11.3. The van der Waals surface area contributed by atoms with Crippen LogP contribution in [0.25, 0.3) is 0 Å². The van der Waals surface area contributed by atoms with Crippen LogP contribution in [0.4, 0.5) is 5.69 Å². The highest BCUT2D eigenvalue weighted by molar-refractivity contribution is 7.89. The number of hydrogen-bond acceptors (Lipinski definition) is 10. The Morgan fingerprint density at radius 3 is 2.41 bits per heavy atom. The van der Waals surface area contributed by atoms with Crippen LogP contribution in [0.1, 0.15) is 49.7 Å². The lowest BCUT2D eigenvalue weighted by Gasteiger charge is -2.36. The number of sulfonamides is 1. The molecule has 2 atom stereocenters. The van der Waals surface area contributed by atoms with E-state index in [9.17, 15) is 23.3 Å². The fourth-order valence-corrected chi connectivity index (χ4v) is 7.02. The molecule has 0 amide bonds. The molecule has 0 saturated carbocycles. The number of esters is 1. The van der Waals surface area contributed by atoms with E-state index >= 15 is 0 Å². The minimum absolute atomic E-state index is 0.0000696. The Kier molecular flexibility index (Phi) is 10.1. The summed E-state index contributed by atoms with van der Waals surface area (Å²) in [6.07, 6.45) is 1.54. The van der Waals surface area contributed by atoms with Gasteiger partial charge in [0.1, 0.15) is 6.04 Å². The maximum atomic E-state index is 14.1. The molecule has 1 aromatic heterocycles. The highest BCUT2D eigenvalue weighted by Crippen LogP contribution is 2.38. The van der Waals surface area contributed by atoms with Crippen molar-refractivity contribution in [2.75, 3.05) is 20.3 Å². The van der Waals surface area contributed by atoms with Crippen molar-refractivity contribution >= 4 is 30.0 Å². The molecule has 238 valence electrons. The molecule has 1 aliphatic heterocycles. The molecule has 0 bridgehead atoms. The summed E-state index contributed by atoms with van der Waals surface area (Å²) in [7, 11) is -5.15. The smallest absolute Gasteiger partial charge is 0.329 e. The molecular formula is C29H39N5O8SSi. The number of rotatable bonds is 12. The van der Waals surface area contributed by atoms with E-state index in [0.29, 0.717) is 24.4 Å². The fraction of sp³-hybridized carbons (Fsp3) is 0.448. The van der Waals surface area contributed by atoms with Gasteiger partial charge < -0.3 is 9.16 Å². The Morgan fingerprint density at radius 1 is 1.16 bits per heavy atom. The predicted molar refractivity (Wildman–Crippen MR) is 164 cm³/mol. The van der Waals surface area contributed by atoms with Crippen LogP contribution in [-0.4, -0.2) is 62.1 Å². The summed E-state index contributed by atoms with van der Waals surface area (Å²) in [6, 6.07) is 11.8. The largest absolute Gasteiger partial charge is 0.468 e. The SMILES string of the molecule is COC(=O)C1NCC(N(OCc2ccccc2)S(=O)(=O)c2ccc([N+](=O)[O-])cc2)c2cnn(CCO[Si](C)(C)C(C)(C)C)c21. The molecule has 15 heteroatoms. The third-order valence-corrected chi connectivity index (χ3v) is 14.3. The second-order valence-corrected chi connectivity index (χ2v) is 18.6. The zero-order chi connectivity index (χ0) is 32.3. The number of nitro benzene ring substituents is 1. The van der Waals surface area contributed by atoms with Crippen LogP contribution in [0, 0.1) is 10.1 Å². The Morgan fingerprint density at radius 2 is 1.82 bits per heavy atom. The van der Waals surface area contributed by atoms with E-state index in [4.69, 9.17) is 14.0 Å². The number of hydrogen-bond donors (Lipinski definition) is 1. The zero-order valence-corrected chi connectivity index (χ0v) is 27.5. The van der Waals surface area contributed by atoms with Crippen LogP contribution < -0.4 is 5.32 Å². The highest BCUT2D eigenvalue weighted by Gasteiger charge is 2.43. The van der Waals surface area contributed by atoms with Crippen LogP contribution in [0.15, 0.2) is 65.7 Å². The van der Waals surface area contributed by atoms with Gasteiger partial charge in [0, 0.05) is 24.2 Å². The molecule has 0 spiro atoms. The van der Waals surface area contributed by atoms with Gasteiger partial charge in [-0.2, -0.15) is 5.10 Å². The van der Waals surface area contributed by atoms with Gasteiger partial charge in [0.05, 0.1) is 54.6 Å². The molecule has 4 rings (SSSR count). The highest BCUT2D eigenvalue weighted by atomic mass is 32.2. The van der Waals surface area contributed by atoms with Crippen LogP contribution in [0.5, 0.6) is 0 Å². The van der Waals surface area contributed by atoms with E-state index in [1.165, 1.54) is 25.4 Å². The molecule has 2 aromatic carbocycles. The van der Waals surface area contributed by atoms with Crippen molar-refractivity contribution in [3.8, 4) is 0 Å². The van der Waals surface area contributed by atoms with Crippen molar-refractivity contribution in [1.29, 1.82) is 0 Å². The number of hydroxylamine groups is 1. The van der Waals surface area contributed by atoms with Crippen LogP contribution in [-0.2, 0) is 42.0 Å². The average Bonchev–Trinajstić information content (AvgIpc) is 3.41. The standard InChI is InChI=1S/C29H39N5O8SSi/c1-29(2,3)44(5,6)42-17-16-32-27-24(18-31-32)25(19-30-26(27)28(35)40-4)34(41-20-21-10-8-7-9-11-21)43(38,39)23-14-12-22(13-15-23)33(36)37/h7-15,18,25-26,30H,16-17,19-20H2,1-6H3. The summed E-state index contributed by atoms with van der Waals surface area (Å²) in [5.74, 6) is -0.549. The second-order valence-electron chi connectivity index (χ2n) is 12.0. The summed E-state index contributed by atoms with van der Waals surface area (Å²) < 4.78 is 42.1. The summed E-state index contributed by atoms with van der Waals surface area (Å²) in [5, 5.41) is 18.8. The van der Waals surface area contributed by atoms with Gasteiger partial charge in [0.15, 0.2) is 8.32 Å². The molecule has 0 aliphatic carbocycles. The Labute approximate surface area is 258 Å². The number of nitro groups is 1. The summed E-state index contributed by atoms with van der Waals surface area (Å²) >= 11 is 0. The Hall–Kier alpha value is -3.47. The first kappa shape index (κ1) is 33.4. The summed E-state index contributed by atoms with van der Waals surface area (Å²) in [4.78, 5) is 29.3. The van der Waals surface area contributed by atoms with Gasteiger partial charge in [-0.3, -0.25) is 25.0 Å². The van der Waals surface area contributed by atoms with Gasteiger partial charge in [-0.25, -0.2) is 13.2 Å². The van der Waals surface area contributed by atoms with Crippen molar-refractivity contribution in [2.45, 2.75) is 69.0 Å². The molecule has 0 saturated heterocycles. The molecule has 13 nitrogen and oxygen atoms in total. The normalized spacial score (nSPS) is 17.3. The van der Waals surface area contributed by atoms with Crippen molar-refractivity contribution < 1.29 is 32.1 Å². The molecular weight excluding hydrogens is 606 g/mol. The Bertz CT molecular complexity index is 1570. The van der Waals surface area contributed by atoms with E-state index in [1.54, 1.807) is 16.8 Å². The first-order chi connectivity index (χ1) is 20.7. The number of fused-ring (bicyclic) bond motifs is 1. The summed E-state index contributed by atoms with van der Waals surface area (Å²) in [5.41, 5.74) is 1.39. The molecule has 2 heterocycles. The lowest BCUT2D eigenvalue weighted by atomic mass is 9.98. The third kappa shape index (κ3) is 7.08. The number of benzene rings is 2. The van der Waals surface area contributed by atoms with E-state index in [1.807, 2.05) is 18.2 Å². The number of non-ortho nitro benzene ring substituents is 1. The molecule has 1 N–H and O–H groups in total. The maximum Gasteiger partial charge on any atom is 0.329 e. The molecule has 3 aromatic rings. The number of nitrogens with zero attached hydrogens (tertiary/aromatic N) is 4. The third-order valence-electron chi connectivity index (χ3n) is 8.10. The van der Waals surface area contributed by atoms with E-state index in [0.717, 1.165) is 22.2 Å². The van der Waals surface area contributed by atoms with Gasteiger partial charge in [-0.15, -0.1) is 0 Å². The van der Waals surface area contributed by atoms with Crippen LogP contribution in [0.2, 0.25) is 18.1 Å². The number of carbonyl (C=O) groups excluding carboxylic acids is 1. The first-order valence-corrected chi connectivity index (χ1v) is 18.5. The van der Waals surface area contributed by atoms with Gasteiger partial charge >= 0.3 is 5.97 Å². The number of ether oxygens (including phenoxy) is 1. The number of methoxy groups -OCH3 is 1. The minimum atomic E-state index is -4.37. The molecule has 1 aliphatic rings. The Balaban J connectivity index is 1.73. The minimum Gasteiger partial charge on any atom is -0.468 e. The monoisotopic (exact) mass is 645 g/mol. The van der Waals surface area contributed by atoms with Gasteiger partial charge in [-0.05, 0) is 35.8 Å². The molecule has 44 heavy (non-hydrogen) atoms. The van der Waals surface area contributed by atoms with Crippen LogP contribution in [0.3, 0.4) is 0 Å². The zero-order valence-electron chi connectivity index (χ0n) is 25.7. The van der Waals surface area contributed by atoms with Gasteiger partial charge in [0.2, 0.25) is 0 Å². The molecule has 0 radical (unpaired) electrons.